The van der Waals surface area contributed by atoms with Gasteiger partial charge in [0, 0.05) is 0 Å². The Hall–Kier alpha value is -3.49. The van der Waals surface area contributed by atoms with E-state index < -0.39 is 17.6 Å². The largest absolute Gasteiger partial charge is 0.418 e. The molecule has 3 rings (SSSR count). The molecule has 1 amide bonds. The summed E-state index contributed by atoms with van der Waals surface area (Å²) >= 11 is 0. The number of para-hydroxylation sites is 1. The van der Waals surface area contributed by atoms with Crippen molar-refractivity contribution in [1.82, 2.24) is 10.2 Å². The number of benzene rings is 2. The van der Waals surface area contributed by atoms with Crippen molar-refractivity contribution in [1.29, 1.82) is 0 Å². The molecule has 0 aliphatic heterocycles. The van der Waals surface area contributed by atoms with Crippen molar-refractivity contribution in [3.63, 3.8) is 0 Å². The minimum Gasteiger partial charge on any atom is -0.338 e. The molecule has 5 nitrogen and oxygen atoms in total. The first-order valence-electron chi connectivity index (χ1n) is 8.12. The van der Waals surface area contributed by atoms with Crippen molar-refractivity contribution in [2.75, 3.05) is 10.6 Å². The lowest BCUT2D eigenvalue weighted by Gasteiger charge is -2.13. The molecule has 2 N–H and O–H groups in total. The Morgan fingerprint density at radius 3 is 2.18 bits per heavy atom. The van der Waals surface area contributed by atoms with E-state index in [9.17, 15) is 22.4 Å². The van der Waals surface area contributed by atoms with Crippen LogP contribution in [-0.4, -0.2) is 16.1 Å². The van der Waals surface area contributed by atoms with Crippen LogP contribution in [0.4, 0.5) is 34.9 Å². The number of hydrogen-bond donors (Lipinski definition) is 2. The molecule has 1 aromatic heterocycles. The molecule has 0 atom stereocenters. The van der Waals surface area contributed by atoms with Crippen LogP contribution in [0.5, 0.6) is 0 Å². The maximum absolute atomic E-state index is 13.0. The summed E-state index contributed by atoms with van der Waals surface area (Å²) in [6.45, 7) is 0. The summed E-state index contributed by atoms with van der Waals surface area (Å²) < 4.78 is 51.9. The molecule has 0 radical (unpaired) electrons. The van der Waals surface area contributed by atoms with E-state index in [0.717, 1.165) is 6.07 Å². The number of amides is 1. The van der Waals surface area contributed by atoms with Gasteiger partial charge in [0.05, 0.1) is 17.7 Å². The van der Waals surface area contributed by atoms with Crippen molar-refractivity contribution in [3.8, 4) is 0 Å². The Kier molecular flexibility index (Phi) is 5.53. The highest BCUT2D eigenvalue weighted by Crippen LogP contribution is 2.35. The van der Waals surface area contributed by atoms with Crippen molar-refractivity contribution >= 4 is 23.2 Å². The number of aromatic nitrogens is 2. The van der Waals surface area contributed by atoms with Gasteiger partial charge in [-0.25, -0.2) is 4.39 Å². The first-order valence-corrected chi connectivity index (χ1v) is 8.12. The number of carbonyl (C=O) groups is 1. The first-order chi connectivity index (χ1) is 13.3. The molecule has 0 unspecified atom stereocenters. The standard InChI is InChI=1S/C19H14F4N4O/c20-13-7-5-12(6-8-13)11-18(28)25-17-10-9-16(26-27-17)24-15-4-2-1-3-14(15)19(21,22)23/h1-10H,11H2,(H,24,26)(H,25,27,28). The fourth-order valence-corrected chi connectivity index (χ4v) is 2.42. The van der Waals surface area contributed by atoms with Crippen LogP contribution in [-0.2, 0) is 17.4 Å². The Balaban J connectivity index is 1.64. The maximum atomic E-state index is 13.0. The molecule has 28 heavy (non-hydrogen) atoms. The number of carbonyl (C=O) groups excluding carboxylic acids is 1. The van der Waals surface area contributed by atoms with Crippen molar-refractivity contribution in [2.45, 2.75) is 12.6 Å². The summed E-state index contributed by atoms with van der Waals surface area (Å²) in [7, 11) is 0. The minimum atomic E-state index is -4.51. The quantitative estimate of drug-likeness (QED) is 0.627. The van der Waals surface area contributed by atoms with Crippen LogP contribution in [0.15, 0.2) is 60.7 Å². The van der Waals surface area contributed by atoms with Gasteiger partial charge in [-0.3, -0.25) is 4.79 Å². The van der Waals surface area contributed by atoms with Gasteiger partial charge in [0.25, 0.3) is 0 Å². The predicted molar refractivity (Wildman–Crippen MR) is 95.5 cm³/mol. The molecule has 0 aliphatic rings. The molecule has 0 bridgehead atoms. The van der Waals surface area contributed by atoms with Gasteiger partial charge in [-0.2, -0.15) is 13.2 Å². The summed E-state index contributed by atoms with van der Waals surface area (Å²) in [5.41, 5.74) is -0.361. The molecule has 0 spiro atoms. The van der Waals surface area contributed by atoms with Crippen LogP contribution in [0.25, 0.3) is 0 Å². The van der Waals surface area contributed by atoms with Crippen molar-refractivity contribution in [2.24, 2.45) is 0 Å². The van der Waals surface area contributed by atoms with Gasteiger partial charge in [-0.15, -0.1) is 10.2 Å². The van der Waals surface area contributed by atoms with Gasteiger partial charge in [-0.1, -0.05) is 24.3 Å². The van der Waals surface area contributed by atoms with Gasteiger partial charge in [0.2, 0.25) is 5.91 Å². The number of nitrogens with one attached hydrogen (secondary N) is 2. The van der Waals surface area contributed by atoms with Gasteiger partial charge >= 0.3 is 6.18 Å². The van der Waals surface area contributed by atoms with Crippen molar-refractivity contribution in [3.05, 3.63) is 77.6 Å². The lowest BCUT2D eigenvalue weighted by molar-refractivity contribution is -0.136. The zero-order chi connectivity index (χ0) is 20.1. The van der Waals surface area contributed by atoms with Crippen LogP contribution in [0, 0.1) is 5.82 Å². The number of alkyl halides is 3. The molecule has 2 aromatic carbocycles. The summed E-state index contributed by atoms with van der Waals surface area (Å²) in [5.74, 6) is -0.552. The third-order valence-electron chi connectivity index (χ3n) is 3.71. The molecule has 0 saturated carbocycles. The smallest absolute Gasteiger partial charge is 0.338 e. The molecule has 144 valence electrons. The Morgan fingerprint density at radius 1 is 0.893 bits per heavy atom. The number of rotatable bonds is 5. The first kappa shape index (κ1) is 19.3. The predicted octanol–water partition coefficient (Wildman–Crippen LogP) is 4.56. The van der Waals surface area contributed by atoms with E-state index in [1.54, 1.807) is 0 Å². The van der Waals surface area contributed by atoms with Crippen LogP contribution in [0.3, 0.4) is 0 Å². The van der Waals surface area contributed by atoms with E-state index in [4.69, 9.17) is 0 Å². The summed E-state index contributed by atoms with van der Waals surface area (Å²) in [6.07, 6.45) is -4.49. The second kappa shape index (κ2) is 8.03. The van der Waals surface area contributed by atoms with Crippen LogP contribution >= 0.6 is 0 Å². The normalized spacial score (nSPS) is 11.1. The SMILES string of the molecule is O=C(Cc1ccc(F)cc1)Nc1ccc(Nc2ccccc2C(F)(F)F)nn1. The Bertz CT molecular complexity index is 957. The van der Waals surface area contributed by atoms with Gasteiger partial charge in [0.1, 0.15) is 5.82 Å². The summed E-state index contributed by atoms with van der Waals surface area (Å²) in [5, 5.41) is 12.6. The topological polar surface area (TPSA) is 66.9 Å². The van der Waals surface area contributed by atoms with Crippen LogP contribution in [0.1, 0.15) is 11.1 Å². The van der Waals surface area contributed by atoms with Crippen LogP contribution in [0.2, 0.25) is 0 Å². The summed E-state index contributed by atoms with van der Waals surface area (Å²) in [4.78, 5) is 12.0. The molecular weight excluding hydrogens is 376 g/mol. The number of halogens is 4. The van der Waals surface area contributed by atoms with E-state index in [-0.39, 0.29) is 29.7 Å². The third-order valence-corrected chi connectivity index (χ3v) is 3.71. The molecule has 0 fully saturated rings. The number of nitrogens with zero attached hydrogens (tertiary/aromatic N) is 2. The number of anilines is 3. The van der Waals surface area contributed by atoms with E-state index in [1.807, 2.05) is 0 Å². The highest BCUT2D eigenvalue weighted by atomic mass is 19.4. The van der Waals surface area contributed by atoms with Crippen LogP contribution < -0.4 is 10.6 Å². The second-order valence-electron chi connectivity index (χ2n) is 5.82. The Labute approximate surface area is 157 Å². The second-order valence-corrected chi connectivity index (χ2v) is 5.82. The Morgan fingerprint density at radius 2 is 1.54 bits per heavy atom. The monoisotopic (exact) mass is 390 g/mol. The molecule has 3 aromatic rings. The third kappa shape index (κ3) is 5.03. The van der Waals surface area contributed by atoms with Crippen molar-refractivity contribution < 1.29 is 22.4 Å². The van der Waals surface area contributed by atoms with Gasteiger partial charge < -0.3 is 10.6 Å². The van der Waals surface area contributed by atoms with Gasteiger partial charge in [0.15, 0.2) is 11.6 Å². The lowest BCUT2D eigenvalue weighted by atomic mass is 10.1. The average Bonchev–Trinajstić information content (AvgIpc) is 2.65. The van der Waals surface area contributed by atoms with E-state index in [0.29, 0.717) is 5.56 Å². The molecule has 1 heterocycles. The summed E-state index contributed by atoms with van der Waals surface area (Å²) in [6, 6.07) is 13.3. The van der Waals surface area contributed by atoms with Gasteiger partial charge in [-0.05, 0) is 42.0 Å². The zero-order valence-electron chi connectivity index (χ0n) is 14.3. The fourth-order valence-electron chi connectivity index (χ4n) is 2.42. The molecular formula is C19H14F4N4O. The van der Waals surface area contributed by atoms with E-state index in [1.165, 1.54) is 54.6 Å². The molecule has 9 heteroatoms. The molecule has 0 aliphatic carbocycles. The number of hydrogen-bond acceptors (Lipinski definition) is 4. The lowest BCUT2D eigenvalue weighted by Crippen LogP contribution is -2.16. The highest BCUT2D eigenvalue weighted by Gasteiger charge is 2.33. The average molecular weight is 390 g/mol. The zero-order valence-corrected chi connectivity index (χ0v) is 14.3. The maximum Gasteiger partial charge on any atom is 0.418 e. The fraction of sp³-hybridized carbons (Fsp3) is 0.105. The molecule has 0 saturated heterocycles. The minimum absolute atomic E-state index is 0.0148. The van der Waals surface area contributed by atoms with E-state index >= 15 is 0 Å². The van der Waals surface area contributed by atoms with E-state index in [2.05, 4.69) is 20.8 Å². The highest BCUT2D eigenvalue weighted by molar-refractivity contribution is 5.91.